The molecule has 0 bridgehead atoms. The smallest absolute Gasteiger partial charge is 0.428 e. The molecule has 1 aromatic carbocycles. The van der Waals surface area contributed by atoms with Crippen LogP contribution in [0.15, 0.2) is 39.9 Å². The molecule has 2 aromatic rings. The molecule has 1 aromatic heterocycles. The van der Waals surface area contributed by atoms with E-state index in [1.54, 1.807) is 0 Å². The van der Waals surface area contributed by atoms with E-state index in [1.807, 2.05) is 37.3 Å². The van der Waals surface area contributed by atoms with Crippen LogP contribution in [0.3, 0.4) is 0 Å². The SMILES string of the molecule is CC[C@H]1OC(=O)NN=C1N1CCc2nc(-c3ccccc3)oc2C1. The van der Waals surface area contributed by atoms with E-state index in [2.05, 4.69) is 20.4 Å². The van der Waals surface area contributed by atoms with E-state index in [4.69, 9.17) is 9.15 Å². The number of cyclic esters (lactones) is 1. The van der Waals surface area contributed by atoms with Crippen molar-refractivity contribution in [3.05, 3.63) is 41.8 Å². The molecule has 2 aliphatic rings. The molecule has 1 N–H and O–H groups in total. The lowest BCUT2D eigenvalue weighted by Crippen LogP contribution is -2.48. The van der Waals surface area contributed by atoms with Gasteiger partial charge in [0.25, 0.3) is 0 Å². The third-order valence-corrected chi connectivity index (χ3v) is 4.25. The molecule has 0 saturated carbocycles. The number of carbonyl (C=O) groups is 1. The van der Waals surface area contributed by atoms with Crippen LogP contribution >= 0.6 is 0 Å². The Hall–Kier alpha value is -2.83. The summed E-state index contributed by atoms with van der Waals surface area (Å²) < 4.78 is 11.3. The molecule has 0 saturated heterocycles. The second kappa shape index (κ2) is 5.99. The van der Waals surface area contributed by atoms with Crippen molar-refractivity contribution in [2.24, 2.45) is 5.10 Å². The highest BCUT2D eigenvalue weighted by molar-refractivity contribution is 5.91. The number of rotatable bonds is 2. The summed E-state index contributed by atoms with van der Waals surface area (Å²) in [6.45, 7) is 3.31. The molecule has 3 heterocycles. The normalized spacial score (nSPS) is 20.0. The zero-order chi connectivity index (χ0) is 16.5. The van der Waals surface area contributed by atoms with E-state index in [0.29, 0.717) is 18.9 Å². The number of fused-ring (bicyclic) bond motifs is 1. The van der Waals surface area contributed by atoms with Crippen LogP contribution in [0.1, 0.15) is 24.8 Å². The van der Waals surface area contributed by atoms with Gasteiger partial charge in [-0.1, -0.05) is 25.1 Å². The number of amidine groups is 1. The molecule has 1 atom stereocenters. The van der Waals surface area contributed by atoms with Crippen molar-refractivity contribution in [1.82, 2.24) is 15.3 Å². The number of benzene rings is 1. The molecule has 4 rings (SSSR count). The van der Waals surface area contributed by atoms with Crippen molar-refractivity contribution in [1.29, 1.82) is 0 Å². The van der Waals surface area contributed by atoms with Gasteiger partial charge in [0.15, 0.2) is 11.9 Å². The van der Waals surface area contributed by atoms with Crippen molar-refractivity contribution in [3.8, 4) is 11.5 Å². The number of hydrogen-bond acceptors (Lipinski definition) is 6. The van der Waals surface area contributed by atoms with Gasteiger partial charge in [-0.15, -0.1) is 0 Å². The maximum absolute atomic E-state index is 11.3. The molecule has 2 aliphatic heterocycles. The summed E-state index contributed by atoms with van der Waals surface area (Å²) in [6.07, 6.45) is 0.627. The molecule has 0 aliphatic carbocycles. The Morgan fingerprint density at radius 2 is 2.17 bits per heavy atom. The summed E-state index contributed by atoms with van der Waals surface area (Å²) >= 11 is 0. The second-order valence-electron chi connectivity index (χ2n) is 5.81. The molecular weight excluding hydrogens is 308 g/mol. The largest absolute Gasteiger partial charge is 0.439 e. The van der Waals surface area contributed by atoms with Crippen LogP contribution in [0.4, 0.5) is 4.79 Å². The fourth-order valence-corrected chi connectivity index (χ4v) is 3.02. The molecule has 0 unspecified atom stereocenters. The van der Waals surface area contributed by atoms with Gasteiger partial charge < -0.3 is 14.1 Å². The third kappa shape index (κ3) is 2.62. The van der Waals surface area contributed by atoms with Crippen LogP contribution in [-0.4, -0.2) is 34.5 Å². The van der Waals surface area contributed by atoms with Crippen LogP contribution in [0.2, 0.25) is 0 Å². The molecule has 0 spiro atoms. The summed E-state index contributed by atoms with van der Waals surface area (Å²) in [5, 5.41) is 4.18. The highest BCUT2D eigenvalue weighted by Gasteiger charge is 2.32. The first-order valence-corrected chi connectivity index (χ1v) is 8.07. The van der Waals surface area contributed by atoms with Crippen LogP contribution in [-0.2, 0) is 17.7 Å². The van der Waals surface area contributed by atoms with Crippen molar-refractivity contribution in [2.75, 3.05) is 6.54 Å². The number of ether oxygens (including phenoxy) is 1. The zero-order valence-corrected chi connectivity index (χ0v) is 13.4. The topological polar surface area (TPSA) is 80.0 Å². The maximum Gasteiger partial charge on any atom is 0.428 e. The molecule has 124 valence electrons. The highest BCUT2D eigenvalue weighted by Crippen LogP contribution is 2.27. The first-order valence-electron chi connectivity index (χ1n) is 8.07. The summed E-state index contributed by atoms with van der Waals surface area (Å²) in [7, 11) is 0. The lowest BCUT2D eigenvalue weighted by molar-refractivity contribution is 0.108. The van der Waals surface area contributed by atoms with Gasteiger partial charge in [0.2, 0.25) is 5.89 Å². The Bertz CT molecular complexity index is 784. The fraction of sp³-hybridized carbons (Fsp3) is 0.353. The number of oxazole rings is 1. The van der Waals surface area contributed by atoms with E-state index in [0.717, 1.165) is 35.8 Å². The molecule has 7 heteroatoms. The lowest BCUT2D eigenvalue weighted by atomic mass is 10.1. The average molecular weight is 326 g/mol. The number of carbonyl (C=O) groups excluding carboxylic acids is 1. The Kier molecular flexibility index (Phi) is 3.68. The Morgan fingerprint density at radius 3 is 2.96 bits per heavy atom. The van der Waals surface area contributed by atoms with Crippen molar-refractivity contribution in [3.63, 3.8) is 0 Å². The monoisotopic (exact) mass is 326 g/mol. The van der Waals surface area contributed by atoms with Gasteiger partial charge in [-0.05, 0) is 18.6 Å². The van der Waals surface area contributed by atoms with Gasteiger partial charge in [-0.25, -0.2) is 15.2 Å². The molecule has 0 fully saturated rings. The van der Waals surface area contributed by atoms with Gasteiger partial charge in [-0.3, -0.25) is 0 Å². The second-order valence-corrected chi connectivity index (χ2v) is 5.81. The van der Waals surface area contributed by atoms with E-state index in [1.165, 1.54) is 0 Å². The Balaban J connectivity index is 1.58. The van der Waals surface area contributed by atoms with Crippen LogP contribution < -0.4 is 5.43 Å². The highest BCUT2D eigenvalue weighted by atomic mass is 16.6. The summed E-state index contributed by atoms with van der Waals surface area (Å²) in [4.78, 5) is 18.0. The van der Waals surface area contributed by atoms with Crippen molar-refractivity contribution in [2.45, 2.75) is 32.4 Å². The first kappa shape index (κ1) is 14.7. The predicted octanol–water partition coefficient (Wildman–Crippen LogP) is 2.53. The number of nitrogens with one attached hydrogen (secondary N) is 1. The van der Waals surface area contributed by atoms with Gasteiger partial charge in [0, 0.05) is 18.5 Å². The van der Waals surface area contributed by atoms with Gasteiger partial charge in [0.05, 0.1) is 12.2 Å². The molecule has 24 heavy (non-hydrogen) atoms. The number of hydrogen-bond donors (Lipinski definition) is 1. The standard InChI is InChI=1S/C17H18N4O3/c1-2-13-15(19-20-17(22)24-13)21-9-8-12-14(10-21)23-16(18-12)11-6-4-3-5-7-11/h3-7,13H,2,8-10H2,1H3,(H,20,22)/t13-/m1/s1. The average Bonchev–Trinajstić information content (AvgIpc) is 3.05. The number of nitrogens with zero attached hydrogens (tertiary/aromatic N) is 3. The summed E-state index contributed by atoms with van der Waals surface area (Å²) in [6, 6.07) is 9.86. The molecule has 0 radical (unpaired) electrons. The Labute approximate surface area is 139 Å². The maximum atomic E-state index is 11.3. The van der Waals surface area contributed by atoms with Crippen LogP contribution in [0, 0.1) is 0 Å². The Morgan fingerprint density at radius 1 is 1.33 bits per heavy atom. The first-order chi connectivity index (χ1) is 11.7. The van der Waals surface area contributed by atoms with Crippen molar-refractivity contribution >= 4 is 11.9 Å². The fourth-order valence-electron chi connectivity index (χ4n) is 3.02. The minimum atomic E-state index is -0.505. The number of amides is 1. The zero-order valence-electron chi connectivity index (χ0n) is 13.4. The van der Waals surface area contributed by atoms with E-state index >= 15 is 0 Å². The number of aromatic nitrogens is 1. The molecule has 7 nitrogen and oxygen atoms in total. The van der Waals surface area contributed by atoms with Gasteiger partial charge in [0.1, 0.15) is 5.76 Å². The van der Waals surface area contributed by atoms with E-state index in [-0.39, 0.29) is 6.10 Å². The minimum absolute atomic E-state index is 0.322. The minimum Gasteiger partial charge on any atom is -0.439 e. The number of hydrazone groups is 1. The summed E-state index contributed by atoms with van der Waals surface area (Å²) in [5.41, 5.74) is 4.34. The lowest BCUT2D eigenvalue weighted by Gasteiger charge is -2.33. The summed E-state index contributed by atoms with van der Waals surface area (Å²) in [5.74, 6) is 2.22. The molecule has 1 amide bonds. The van der Waals surface area contributed by atoms with E-state index < -0.39 is 6.09 Å². The van der Waals surface area contributed by atoms with E-state index in [9.17, 15) is 4.79 Å². The van der Waals surface area contributed by atoms with Gasteiger partial charge >= 0.3 is 6.09 Å². The third-order valence-electron chi connectivity index (χ3n) is 4.25. The predicted molar refractivity (Wildman–Crippen MR) is 87.2 cm³/mol. The molecular formula is C17H18N4O3. The quantitative estimate of drug-likeness (QED) is 0.917. The van der Waals surface area contributed by atoms with Crippen LogP contribution in [0.5, 0.6) is 0 Å². The van der Waals surface area contributed by atoms with Crippen LogP contribution in [0.25, 0.3) is 11.5 Å². The van der Waals surface area contributed by atoms with Gasteiger partial charge in [-0.2, -0.15) is 5.10 Å². The van der Waals surface area contributed by atoms with Crippen molar-refractivity contribution < 1.29 is 13.9 Å².